The summed E-state index contributed by atoms with van der Waals surface area (Å²) in [7, 11) is 0. The van der Waals surface area contributed by atoms with Crippen LogP contribution in [0.5, 0.6) is 0 Å². The van der Waals surface area contributed by atoms with Gasteiger partial charge in [0, 0.05) is 16.6 Å². The predicted octanol–water partition coefficient (Wildman–Crippen LogP) is 4.18. The van der Waals surface area contributed by atoms with Gasteiger partial charge in [0.1, 0.15) is 5.02 Å². The number of benzene rings is 2. The monoisotopic (exact) mass is 414 g/mol. The molecule has 0 aliphatic heterocycles. The van der Waals surface area contributed by atoms with Gasteiger partial charge < -0.3 is 10.1 Å². The summed E-state index contributed by atoms with van der Waals surface area (Å²) in [6, 6.07) is 10.8. The molecule has 7 nitrogen and oxygen atoms in total. The first-order valence-electron chi connectivity index (χ1n) is 7.13. The topological polar surface area (TPSA) is 98.5 Å². The van der Waals surface area contributed by atoms with Crippen LogP contribution < -0.4 is 5.32 Å². The average Bonchev–Trinajstić information content (AvgIpc) is 2.60. The van der Waals surface area contributed by atoms with Gasteiger partial charge in [-0.05, 0) is 24.3 Å². The molecule has 0 aromatic heterocycles. The molecule has 0 spiro atoms. The van der Waals surface area contributed by atoms with Crippen molar-refractivity contribution >= 4 is 58.2 Å². The van der Waals surface area contributed by atoms with Crippen molar-refractivity contribution in [1.29, 1.82) is 0 Å². The molecular weight excluding hydrogens is 403 g/mol. The fraction of sp³-hybridized carbons (Fsp3) is 0.125. The third-order valence-electron chi connectivity index (χ3n) is 2.97. The first kappa shape index (κ1) is 20.0. The lowest BCUT2D eigenvalue weighted by molar-refractivity contribution is -0.384. The summed E-state index contributed by atoms with van der Waals surface area (Å²) in [6.07, 6.45) is 0. The summed E-state index contributed by atoms with van der Waals surface area (Å²) in [4.78, 5) is 34.4. The van der Waals surface area contributed by atoms with Gasteiger partial charge in [-0.3, -0.25) is 19.7 Å². The molecule has 2 aromatic rings. The molecule has 0 aliphatic carbocycles. The van der Waals surface area contributed by atoms with Crippen molar-refractivity contribution in [2.24, 2.45) is 0 Å². The molecule has 1 amide bonds. The fourth-order valence-corrected chi connectivity index (χ4v) is 3.04. The van der Waals surface area contributed by atoms with Crippen molar-refractivity contribution in [3.8, 4) is 0 Å². The molecule has 0 heterocycles. The van der Waals surface area contributed by atoms with Gasteiger partial charge in [-0.25, -0.2) is 0 Å². The van der Waals surface area contributed by atoms with Crippen LogP contribution in [0.1, 0.15) is 0 Å². The van der Waals surface area contributed by atoms with E-state index in [2.05, 4.69) is 5.32 Å². The SMILES string of the molecule is O=C(COC(=O)CSc1ccccc1Cl)Nc1ccc(Cl)c([N+](=O)[O-])c1. The van der Waals surface area contributed by atoms with Gasteiger partial charge >= 0.3 is 5.97 Å². The maximum Gasteiger partial charge on any atom is 0.316 e. The van der Waals surface area contributed by atoms with E-state index in [1.54, 1.807) is 24.3 Å². The number of nitro benzene ring substituents is 1. The maximum atomic E-state index is 11.8. The molecule has 1 N–H and O–H groups in total. The largest absolute Gasteiger partial charge is 0.455 e. The van der Waals surface area contributed by atoms with Gasteiger partial charge in [0.15, 0.2) is 6.61 Å². The number of hydrogen-bond donors (Lipinski definition) is 1. The van der Waals surface area contributed by atoms with Gasteiger partial charge in [0.05, 0.1) is 15.7 Å². The summed E-state index contributed by atoms with van der Waals surface area (Å²) >= 11 is 12.9. The minimum atomic E-state index is -0.663. The first-order chi connectivity index (χ1) is 12.4. The van der Waals surface area contributed by atoms with Crippen LogP contribution in [0.4, 0.5) is 11.4 Å². The summed E-state index contributed by atoms with van der Waals surface area (Å²) in [6.45, 7) is -0.516. The number of ether oxygens (including phenoxy) is 1. The number of esters is 1. The molecule has 2 rings (SSSR count). The number of amides is 1. The van der Waals surface area contributed by atoms with Crippen LogP contribution in [0.15, 0.2) is 47.4 Å². The minimum Gasteiger partial charge on any atom is -0.455 e. The second-order valence-corrected chi connectivity index (χ2v) is 6.68. The van der Waals surface area contributed by atoms with Crippen LogP contribution in [-0.4, -0.2) is 29.2 Å². The Labute approximate surface area is 162 Å². The molecular formula is C16H12Cl2N2O5S. The molecule has 0 saturated heterocycles. The number of hydrogen-bond acceptors (Lipinski definition) is 6. The lowest BCUT2D eigenvalue weighted by Crippen LogP contribution is -2.21. The molecule has 0 radical (unpaired) electrons. The summed E-state index contributed by atoms with van der Waals surface area (Å²) < 4.78 is 4.86. The summed E-state index contributed by atoms with van der Waals surface area (Å²) in [5.74, 6) is -1.23. The zero-order valence-electron chi connectivity index (χ0n) is 13.1. The number of nitro groups is 1. The number of halogens is 2. The average molecular weight is 415 g/mol. The van der Waals surface area contributed by atoms with Crippen LogP contribution in [0.2, 0.25) is 10.0 Å². The summed E-state index contributed by atoms with van der Waals surface area (Å²) in [5, 5.41) is 13.7. The Morgan fingerprint density at radius 3 is 2.58 bits per heavy atom. The van der Waals surface area contributed by atoms with E-state index in [1.807, 2.05) is 0 Å². The number of thioether (sulfide) groups is 1. The normalized spacial score (nSPS) is 10.2. The Hall–Kier alpha value is -2.29. The van der Waals surface area contributed by atoms with Crippen LogP contribution in [0.3, 0.4) is 0 Å². The van der Waals surface area contributed by atoms with Crippen LogP contribution in [0.25, 0.3) is 0 Å². The second kappa shape index (κ2) is 9.42. The molecule has 2 aromatic carbocycles. The van der Waals surface area contributed by atoms with Gasteiger partial charge in [0.2, 0.25) is 0 Å². The molecule has 0 bridgehead atoms. The van der Waals surface area contributed by atoms with E-state index in [1.165, 1.54) is 23.9 Å². The highest BCUT2D eigenvalue weighted by atomic mass is 35.5. The zero-order chi connectivity index (χ0) is 19.1. The maximum absolute atomic E-state index is 11.8. The van der Waals surface area contributed by atoms with E-state index < -0.39 is 23.4 Å². The Kier molecular flexibility index (Phi) is 7.26. The van der Waals surface area contributed by atoms with E-state index >= 15 is 0 Å². The number of rotatable bonds is 7. The van der Waals surface area contributed by atoms with E-state index in [0.29, 0.717) is 5.02 Å². The first-order valence-corrected chi connectivity index (χ1v) is 8.87. The number of carbonyl (C=O) groups is 2. The number of anilines is 1. The highest BCUT2D eigenvalue weighted by molar-refractivity contribution is 8.00. The van der Waals surface area contributed by atoms with E-state index in [0.717, 1.165) is 11.0 Å². The van der Waals surface area contributed by atoms with Crippen molar-refractivity contribution in [2.45, 2.75) is 4.90 Å². The Morgan fingerprint density at radius 1 is 1.15 bits per heavy atom. The standard InChI is InChI=1S/C16H12Cl2N2O5S/c17-11-6-5-10(7-13(11)20(23)24)19-15(21)8-25-16(22)9-26-14-4-2-1-3-12(14)18/h1-7H,8-9H2,(H,19,21). The molecule has 0 unspecified atom stereocenters. The highest BCUT2D eigenvalue weighted by Gasteiger charge is 2.15. The quantitative estimate of drug-likeness (QED) is 0.315. The number of nitrogens with zero attached hydrogens (tertiary/aromatic N) is 1. The number of carbonyl (C=O) groups excluding carboxylic acids is 2. The van der Waals surface area contributed by atoms with Crippen LogP contribution in [0, 0.1) is 10.1 Å². The van der Waals surface area contributed by atoms with Gasteiger partial charge in [-0.1, -0.05) is 35.3 Å². The lowest BCUT2D eigenvalue weighted by atomic mass is 10.3. The van der Waals surface area contributed by atoms with E-state index in [9.17, 15) is 19.7 Å². The van der Waals surface area contributed by atoms with E-state index in [-0.39, 0.29) is 22.2 Å². The van der Waals surface area contributed by atoms with Crippen molar-refractivity contribution in [3.63, 3.8) is 0 Å². The zero-order valence-corrected chi connectivity index (χ0v) is 15.4. The van der Waals surface area contributed by atoms with Gasteiger partial charge in [-0.15, -0.1) is 11.8 Å². The van der Waals surface area contributed by atoms with Crippen LogP contribution in [-0.2, 0) is 14.3 Å². The van der Waals surface area contributed by atoms with Crippen LogP contribution >= 0.6 is 35.0 Å². The molecule has 26 heavy (non-hydrogen) atoms. The highest BCUT2D eigenvalue weighted by Crippen LogP contribution is 2.28. The van der Waals surface area contributed by atoms with Crippen molar-refractivity contribution in [3.05, 3.63) is 62.6 Å². The van der Waals surface area contributed by atoms with Gasteiger partial charge in [0.25, 0.3) is 11.6 Å². The molecule has 0 atom stereocenters. The molecule has 0 aliphatic rings. The Balaban J connectivity index is 1.81. The third-order valence-corrected chi connectivity index (χ3v) is 4.78. The predicted molar refractivity (Wildman–Crippen MR) is 99.9 cm³/mol. The minimum absolute atomic E-state index is 0.0105. The fourth-order valence-electron chi connectivity index (χ4n) is 1.81. The van der Waals surface area contributed by atoms with Crippen molar-refractivity contribution in [1.82, 2.24) is 0 Å². The number of nitrogens with one attached hydrogen (secondary N) is 1. The van der Waals surface area contributed by atoms with Crippen molar-refractivity contribution in [2.75, 3.05) is 17.7 Å². The smallest absolute Gasteiger partial charge is 0.316 e. The van der Waals surface area contributed by atoms with E-state index in [4.69, 9.17) is 27.9 Å². The Bertz CT molecular complexity index is 847. The molecule has 0 fully saturated rings. The van der Waals surface area contributed by atoms with Crippen molar-refractivity contribution < 1.29 is 19.2 Å². The Morgan fingerprint density at radius 2 is 1.88 bits per heavy atom. The van der Waals surface area contributed by atoms with Gasteiger partial charge in [-0.2, -0.15) is 0 Å². The molecule has 0 saturated carbocycles. The molecule has 10 heteroatoms. The lowest BCUT2D eigenvalue weighted by Gasteiger charge is -2.07. The summed E-state index contributed by atoms with van der Waals surface area (Å²) in [5.41, 5.74) is -0.162. The second-order valence-electron chi connectivity index (χ2n) is 4.85. The third kappa shape index (κ3) is 5.91. The molecule has 136 valence electrons.